The van der Waals surface area contributed by atoms with Gasteiger partial charge in [-0.25, -0.2) is 16.8 Å². The first-order valence-corrected chi connectivity index (χ1v) is 12.9. The summed E-state index contributed by atoms with van der Waals surface area (Å²) in [5, 5.41) is 0.148. The average Bonchev–Trinajstić information content (AvgIpc) is 2.66. The number of halogens is 4. The number of benzene rings is 2. The Bertz CT molecular complexity index is 1210. The highest BCUT2D eigenvalue weighted by molar-refractivity contribution is 7.92. The predicted molar refractivity (Wildman–Crippen MR) is 110 cm³/mol. The van der Waals surface area contributed by atoms with E-state index in [1.165, 1.54) is 25.1 Å². The third-order valence-corrected chi connectivity index (χ3v) is 9.23. The molecule has 1 fully saturated rings. The van der Waals surface area contributed by atoms with Crippen molar-refractivity contribution in [1.82, 2.24) is 0 Å². The van der Waals surface area contributed by atoms with Gasteiger partial charge >= 0.3 is 6.18 Å². The van der Waals surface area contributed by atoms with Crippen LogP contribution in [0.1, 0.15) is 37.0 Å². The Kier molecular flexibility index (Phi) is 6.25. The summed E-state index contributed by atoms with van der Waals surface area (Å²) in [5.41, 5.74) is -0.661. The quantitative estimate of drug-likeness (QED) is 0.605. The third kappa shape index (κ3) is 4.92. The van der Waals surface area contributed by atoms with Gasteiger partial charge < -0.3 is 4.74 Å². The lowest BCUT2D eigenvalue weighted by Gasteiger charge is -2.38. The predicted octanol–water partition coefficient (Wildman–Crippen LogP) is 4.85. The lowest BCUT2D eigenvalue weighted by molar-refractivity contribution is -0.137. The van der Waals surface area contributed by atoms with Crippen molar-refractivity contribution in [2.75, 3.05) is 12.9 Å². The highest BCUT2D eigenvalue weighted by atomic mass is 35.5. The Labute approximate surface area is 184 Å². The Morgan fingerprint density at radius 3 is 2.35 bits per heavy atom. The topological polar surface area (TPSA) is 77.5 Å². The summed E-state index contributed by atoms with van der Waals surface area (Å²) >= 11 is 6.05. The van der Waals surface area contributed by atoms with Crippen LogP contribution in [0.3, 0.4) is 0 Å². The van der Waals surface area contributed by atoms with Gasteiger partial charge in [0.15, 0.2) is 19.7 Å². The van der Waals surface area contributed by atoms with Gasteiger partial charge in [0.2, 0.25) is 0 Å². The molecule has 5 nitrogen and oxygen atoms in total. The number of sulfone groups is 2. The number of hydrogen-bond acceptors (Lipinski definition) is 5. The number of ether oxygens (including phenoxy) is 1. The molecule has 2 unspecified atom stereocenters. The zero-order valence-corrected chi connectivity index (χ0v) is 19.0. The first kappa shape index (κ1) is 24.0. The van der Waals surface area contributed by atoms with E-state index in [1.54, 1.807) is 0 Å². The molecular weight excluding hydrogens is 477 g/mol. The van der Waals surface area contributed by atoms with Crippen molar-refractivity contribution < 1.29 is 34.7 Å². The van der Waals surface area contributed by atoms with E-state index in [2.05, 4.69) is 0 Å². The fraction of sp³-hybridized carbons (Fsp3) is 0.400. The van der Waals surface area contributed by atoms with Gasteiger partial charge in [-0.05, 0) is 61.7 Å². The lowest BCUT2D eigenvalue weighted by atomic mass is 9.92. The van der Waals surface area contributed by atoms with Gasteiger partial charge in [-0.3, -0.25) is 0 Å². The van der Waals surface area contributed by atoms with Gasteiger partial charge in [0.1, 0.15) is 0 Å². The van der Waals surface area contributed by atoms with Gasteiger partial charge in [-0.2, -0.15) is 13.2 Å². The summed E-state index contributed by atoms with van der Waals surface area (Å²) in [7, 11) is -7.74. The van der Waals surface area contributed by atoms with E-state index < -0.39 is 47.2 Å². The molecule has 1 aliphatic heterocycles. The molecule has 0 spiro atoms. The van der Waals surface area contributed by atoms with Crippen LogP contribution in [0.15, 0.2) is 52.3 Å². The second-order valence-electron chi connectivity index (χ2n) is 7.78. The van der Waals surface area contributed by atoms with Gasteiger partial charge in [0.25, 0.3) is 0 Å². The van der Waals surface area contributed by atoms with Crippen LogP contribution < -0.4 is 0 Å². The van der Waals surface area contributed by atoms with Crippen molar-refractivity contribution in [3.8, 4) is 0 Å². The van der Waals surface area contributed by atoms with Crippen LogP contribution in [-0.2, 0) is 30.6 Å². The summed E-state index contributed by atoms with van der Waals surface area (Å²) in [6, 6.07) is 7.78. The number of hydrogen-bond donors (Lipinski definition) is 0. The Morgan fingerprint density at radius 1 is 1.06 bits per heavy atom. The van der Waals surface area contributed by atoms with E-state index in [9.17, 15) is 30.0 Å². The number of alkyl halides is 3. The van der Waals surface area contributed by atoms with Crippen molar-refractivity contribution in [1.29, 1.82) is 0 Å². The summed E-state index contributed by atoms with van der Waals surface area (Å²) in [6.07, 6.45) is -4.45. The normalized spacial score (nSPS) is 23.0. The Balaban J connectivity index is 2.00. The molecule has 1 saturated heterocycles. The standard InChI is InChI=1S/C20H20ClF3O5S2/c1-19(31(27,28)16-5-3-4-14(10-16)20(22,23)24)6-7-29-18(12-19)13-8-15(21)11-17(9-13)30(2,25)26/h3-5,8-11,18H,6-7,12H2,1-2H3. The molecule has 0 N–H and O–H groups in total. The van der Waals surface area contributed by atoms with Crippen LogP contribution in [0.4, 0.5) is 13.2 Å². The van der Waals surface area contributed by atoms with Crippen LogP contribution in [0.2, 0.25) is 5.02 Å². The zero-order valence-electron chi connectivity index (χ0n) is 16.6. The molecule has 2 aromatic carbocycles. The number of rotatable bonds is 4. The molecule has 0 bridgehead atoms. The second kappa shape index (κ2) is 8.06. The van der Waals surface area contributed by atoms with Crippen LogP contribution in [0, 0.1) is 0 Å². The van der Waals surface area contributed by atoms with E-state index in [0.717, 1.165) is 24.5 Å². The van der Waals surface area contributed by atoms with E-state index in [0.29, 0.717) is 11.6 Å². The minimum Gasteiger partial charge on any atom is -0.373 e. The first-order chi connectivity index (χ1) is 14.1. The molecule has 0 aliphatic carbocycles. The molecule has 0 amide bonds. The molecule has 1 aliphatic rings. The van der Waals surface area contributed by atoms with Crippen LogP contribution in [0.5, 0.6) is 0 Å². The van der Waals surface area contributed by atoms with Crippen molar-refractivity contribution in [3.63, 3.8) is 0 Å². The zero-order chi connectivity index (χ0) is 23.2. The molecule has 2 aromatic rings. The fourth-order valence-corrected chi connectivity index (χ4v) is 6.37. The lowest BCUT2D eigenvalue weighted by Crippen LogP contribution is -2.42. The van der Waals surface area contributed by atoms with Gasteiger partial charge in [-0.1, -0.05) is 17.7 Å². The molecule has 0 saturated carbocycles. The molecule has 1 heterocycles. The maximum absolute atomic E-state index is 13.3. The average molecular weight is 497 g/mol. The van der Waals surface area contributed by atoms with Crippen molar-refractivity contribution in [3.05, 3.63) is 58.6 Å². The smallest absolute Gasteiger partial charge is 0.373 e. The molecule has 11 heteroatoms. The highest BCUT2D eigenvalue weighted by Crippen LogP contribution is 2.43. The van der Waals surface area contributed by atoms with E-state index >= 15 is 0 Å². The highest BCUT2D eigenvalue weighted by Gasteiger charge is 2.45. The summed E-state index contributed by atoms with van der Waals surface area (Å²) < 4.78 is 93.9. The summed E-state index contributed by atoms with van der Waals surface area (Å²) in [5.74, 6) is 0. The molecular formula is C20H20ClF3O5S2. The minimum atomic E-state index is -4.67. The Hall–Kier alpha value is -1.62. The maximum atomic E-state index is 13.3. The molecule has 0 aromatic heterocycles. The molecule has 2 atom stereocenters. The van der Waals surface area contributed by atoms with Crippen molar-refractivity contribution in [2.45, 2.75) is 46.6 Å². The molecule has 3 rings (SSSR count). The first-order valence-electron chi connectivity index (χ1n) is 9.18. The van der Waals surface area contributed by atoms with E-state index in [-0.39, 0.29) is 29.4 Å². The summed E-state index contributed by atoms with van der Waals surface area (Å²) in [4.78, 5) is -0.458. The van der Waals surface area contributed by atoms with Gasteiger partial charge in [0, 0.05) is 17.9 Å². The fourth-order valence-electron chi connectivity index (χ4n) is 3.54. The monoisotopic (exact) mass is 496 g/mol. The molecule has 170 valence electrons. The largest absolute Gasteiger partial charge is 0.416 e. The van der Waals surface area contributed by atoms with Gasteiger partial charge in [-0.15, -0.1) is 0 Å². The Morgan fingerprint density at radius 2 is 1.74 bits per heavy atom. The summed E-state index contributed by atoms with van der Waals surface area (Å²) in [6.45, 7) is 1.49. The SMILES string of the molecule is CC1(S(=O)(=O)c2cccc(C(F)(F)F)c2)CCOC(c2cc(Cl)cc(S(C)(=O)=O)c2)C1. The van der Waals surface area contributed by atoms with E-state index in [4.69, 9.17) is 16.3 Å². The third-order valence-electron chi connectivity index (χ3n) is 5.38. The van der Waals surface area contributed by atoms with Crippen LogP contribution >= 0.6 is 11.6 Å². The van der Waals surface area contributed by atoms with Crippen LogP contribution in [0.25, 0.3) is 0 Å². The van der Waals surface area contributed by atoms with Crippen molar-refractivity contribution in [2.24, 2.45) is 0 Å². The maximum Gasteiger partial charge on any atom is 0.416 e. The van der Waals surface area contributed by atoms with E-state index in [1.807, 2.05) is 0 Å². The van der Waals surface area contributed by atoms with Crippen LogP contribution in [-0.4, -0.2) is 34.4 Å². The van der Waals surface area contributed by atoms with Gasteiger partial charge in [0.05, 0.1) is 26.2 Å². The van der Waals surface area contributed by atoms with Crippen molar-refractivity contribution >= 4 is 31.3 Å². The minimum absolute atomic E-state index is 0.0279. The second-order valence-corrected chi connectivity index (χ2v) is 12.7. The molecule has 31 heavy (non-hydrogen) atoms. The molecule has 0 radical (unpaired) electrons.